The van der Waals surface area contributed by atoms with Gasteiger partial charge in [0.05, 0.1) is 40.9 Å². The second-order valence-electron chi connectivity index (χ2n) is 13.1. The van der Waals surface area contributed by atoms with Crippen molar-refractivity contribution >= 4 is 58.6 Å². The van der Waals surface area contributed by atoms with Gasteiger partial charge in [0.2, 0.25) is 0 Å². The van der Waals surface area contributed by atoms with Crippen molar-refractivity contribution in [2.45, 2.75) is 40.0 Å². The lowest BCUT2D eigenvalue weighted by molar-refractivity contribution is -0.138. The summed E-state index contributed by atoms with van der Waals surface area (Å²) in [5.41, 5.74) is 16.1. The van der Waals surface area contributed by atoms with Crippen molar-refractivity contribution in [1.29, 1.82) is 5.26 Å². The number of aliphatic imine (C=N–C) groups is 1. The summed E-state index contributed by atoms with van der Waals surface area (Å²) in [5, 5.41) is 10.0. The van der Waals surface area contributed by atoms with E-state index in [1.807, 2.05) is 19.0 Å². The Bertz CT molecular complexity index is 2890. The standard InChI is InChI=1S/C22H18F3N5O2S.C9H6F3NS.C9H10O2.C4H4N4/c1-3-32-15-6-4-12(5-7-15)19-27-16(18(26)31)17-20(29-19)30(21(33)28-17)14-9-11(2)8-13(10-14)22(23,24)25;1-6-2-7(9(10,11)12)4-8(3-6)13-5-14;1-2-11-9-5-3-8(7-10)4-6-9;1-8-4(7)3(6)2-5/h4-10H,3H2,1-2H3,(H2,26,31)(H,28,33);2-4H,1H3;3-7H,2H2,1H3;6-7H2/b;;;4-3+. The average molecular weight is 949 g/mol. The minimum atomic E-state index is -4.55. The zero-order valence-electron chi connectivity index (χ0n) is 35.2. The molecule has 342 valence electrons. The summed E-state index contributed by atoms with van der Waals surface area (Å²) in [5.74, 6) is 0.524. The Morgan fingerprint density at radius 1 is 0.879 bits per heavy atom. The number of isothiocyanates is 1. The molecule has 2 aromatic heterocycles. The number of rotatable bonds is 9. The van der Waals surface area contributed by atoms with E-state index in [0.717, 1.165) is 36.3 Å². The first-order valence-electron chi connectivity index (χ1n) is 18.8. The number of carbonyl (C=O) groups is 2. The third kappa shape index (κ3) is 14.8. The first-order valence-corrected chi connectivity index (χ1v) is 19.6. The van der Waals surface area contributed by atoms with Gasteiger partial charge in [0.1, 0.15) is 35.1 Å². The quantitative estimate of drug-likeness (QED) is 0.0267. The lowest BCUT2D eigenvalue weighted by Gasteiger charge is -2.12. The molecule has 6 rings (SSSR count). The fraction of sp³-hybridized carbons (Fsp3) is 0.182. The lowest BCUT2D eigenvalue weighted by atomic mass is 10.1. The van der Waals surface area contributed by atoms with E-state index in [0.29, 0.717) is 41.2 Å². The topological polar surface area (TPSA) is 218 Å². The zero-order chi connectivity index (χ0) is 49.4. The van der Waals surface area contributed by atoms with Gasteiger partial charge in [-0.3, -0.25) is 14.2 Å². The molecule has 4 aromatic carbocycles. The van der Waals surface area contributed by atoms with E-state index in [1.165, 1.54) is 16.7 Å². The highest BCUT2D eigenvalue weighted by Crippen LogP contribution is 2.34. The van der Waals surface area contributed by atoms with Gasteiger partial charge in [-0.15, -0.1) is 0 Å². The number of fused-ring (bicyclic) bond motifs is 1. The van der Waals surface area contributed by atoms with Crippen molar-refractivity contribution < 1.29 is 45.4 Å². The zero-order valence-corrected chi connectivity index (χ0v) is 36.8. The minimum absolute atomic E-state index is 0.0457. The van der Waals surface area contributed by atoms with Crippen LogP contribution in [0.5, 0.6) is 11.5 Å². The third-order valence-electron chi connectivity index (χ3n) is 8.25. The van der Waals surface area contributed by atoms with Gasteiger partial charge in [-0.2, -0.15) is 36.6 Å². The van der Waals surface area contributed by atoms with Crippen molar-refractivity contribution in [2.75, 3.05) is 13.2 Å². The first kappa shape index (κ1) is 52.4. The molecule has 7 N–H and O–H groups in total. The molecule has 0 fully saturated rings. The Kier molecular flexibility index (Phi) is 18.8. The number of carbonyl (C=O) groups excluding carboxylic acids is 2. The number of aromatic amines is 1. The number of aryl methyl sites for hydroxylation is 2. The van der Waals surface area contributed by atoms with Crippen LogP contribution in [0.2, 0.25) is 0 Å². The fourth-order valence-electron chi connectivity index (χ4n) is 5.42. The number of nitrogens with one attached hydrogen (secondary N) is 1. The summed E-state index contributed by atoms with van der Waals surface area (Å²) in [4.78, 5) is 40.2. The van der Waals surface area contributed by atoms with Crippen molar-refractivity contribution in [3.63, 3.8) is 0 Å². The van der Waals surface area contributed by atoms with Crippen LogP contribution < -0.4 is 26.7 Å². The Morgan fingerprint density at radius 2 is 1.41 bits per heavy atom. The number of primary amides is 1. The van der Waals surface area contributed by atoms with Crippen LogP contribution in [0.25, 0.3) is 33.1 Å². The first-order chi connectivity index (χ1) is 31.1. The molecular formula is C44H38F6N10O4S2. The van der Waals surface area contributed by atoms with Crippen LogP contribution in [-0.4, -0.2) is 50.1 Å². The van der Waals surface area contributed by atoms with Gasteiger partial charge < -0.3 is 36.5 Å². The largest absolute Gasteiger partial charge is 0.494 e. The minimum Gasteiger partial charge on any atom is -0.494 e. The molecule has 0 saturated carbocycles. The maximum Gasteiger partial charge on any atom is 0.416 e. The number of aromatic nitrogens is 4. The monoisotopic (exact) mass is 948 g/mol. The molecule has 0 radical (unpaired) electrons. The molecule has 0 saturated heterocycles. The molecule has 66 heavy (non-hydrogen) atoms. The smallest absolute Gasteiger partial charge is 0.416 e. The molecule has 0 atom stereocenters. The predicted molar refractivity (Wildman–Crippen MR) is 240 cm³/mol. The number of hydrogen-bond acceptors (Lipinski definition) is 12. The Balaban J connectivity index is 0.000000286. The Hall–Kier alpha value is -7.91. The van der Waals surface area contributed by atoms with Gasteiger partial charge in [-0.05, 0) is 148 Å². The van der Waals surface area contributed by atoms with Crippen molar-refractivity contribution in [3.05, 3.63) is 146 Å². The molecule has 0 bridgehead atoms. The molecule has 1 amide bonds. The number of aldehydes is 1. The number of H-pyrrole nitrogens is 1. The number of amides is 1. The van der Waals surface area contributed by atoms with Gasteiger partial charge in [0.25, 0.3) is 11.7 Å². The highest BCUT2D eigenvalue weighted by molar-refractivity contribution is 7.78. The molecule has 2 heterocycles. The van der Waals surface area contributed by atoms with Gasteiger partial charge in [0, 0.05) is 11.1 Å². The highest BCUT2D eigenvalue weighted by Gasteiger charge is 2.32. The summed E-state index contributed by atoms with van der Waals surface area (Å²) in [7, 11) is 0. The number of nitrogens with two attached hydrogens (primary N) is 3. The van der Waals surface area contributed by atoms with Crippen LogP contribution in [0.15, 0.2) is 101 Å². The van der Waals surface area contributed by atoms with E-state index in [1.54, 1.807) is 68.4 Å². The number of nitriles is 1. The van der Waals surface area contributed by atoms with Crippen LogP contribution in [0.1, 0.15) is 56.9 Å². The van der Waals surface area contributed by atoms with Crippen LogP contribution in [0, 0.1) is 36.5 Å². The molecule has 0 unspecified atom stereocenters. The number of thiocarbonyl (C=S) groups is 1. The molecule has 0 spiro atoms. The highest BCUT2D eigenvalue weighted by atomic mass is 32.1. The third-order valence-corrected chi connectivity index (χ3v) is 8.63. The number of ether oxygens (including phenoxy) is 2. The van der Waals surface area contributed by atoms with E-state index in [9.17, 15) is 35.9 Å². The number of nitrogens with zero attached hydrogens (tertiary/aromatic N) is 6. The maximum atomic E-state index is 13.4. The molecule has 14 nitrogen and oxygen atoms in total. The Labute approximate surface area is 383 Å². The SMILES string of the molecule is CCOc1ccc(-c2nc(C(N)=O)c3[nH]c(=S)n(-c4cc(C)cc(C(F)(F)F)c4)c3n2)cc1.CCOc1ccc(C=O)cc1.Cc1cc(N=C=S)cc(C(F)(F)F)c1.[C-]#[N+]/C(N)=C(/N)C#N. The van der Waals surface area contributed by atoms with E-state index >= 15 is 0 Å². The van der Waals surface area contributed by atoms with E-state index in [2.05, 4.69) is 37.0 Å². The second kappa shape index (κ2) is 23.7. The van der Waals surface area contributed by atoms with Gasteiger partial charge in [-0.1, -0.05) is 6.57 Å². The number of hydrogen-bond donors (Lipinski definition) is 4. The average Bonchev–Trinajstić information content (AvgIpc) is 3.61. The molecular weight excluding hydrogens is 911 g/mol. The Morgan fingerprint density at radius 3 is 1.86 bits per heavy atom. The van der Waals surface area contributed by atoms with E-state index < -0.39 is 29.4 Å². The van der Waals surface area contributed by atoms with Crippen molar-refractivity contribution in [2.24, 2.45) is 22.2 Å². The van der Waals surface area contributed by atoms with Crippen LogP contribution in [0.4, 0.5) is 32.0 Å². The summed E-state index contributed by atoms with van der Waals surface area (Å²) >= 11 is 9.67. The number of halogens is 6. The van der Waals surface area contributed by atoms with Crippen LogP contribution >= 0.6 is 24.4 Å². The van der Waals surface area contributed by atoms with Crippen LogP contribution in [0.3, 0.4) is 0 Å². The fourth-order valence-corrected chi connectivity index (χ4v) is 5.82. The molecule has 0 aliphatic rings. The molecule has 0 aliphatic heterocycles. The van der Waals surface area contributed by atoms with Gasteiger partial charge >= 0.3 is 12.4 Å². The lowest BCUT2D eigenvalue weighted by Crippen LogP contribution is -2.15. The van der Waals surface area contributed by atoms with E-state index in [4.69, 9.17) is 50.7 Å². The normalized spacial score (nSPS) is 11.0. The van der Waals surface area contributed by atoms with Crippen molar-refractivity contribution in [1.82, 2.24) is 19.5 Å². The number of allylic oxidation sites excluding steroid dienone is 1. The van der Waals surface area contributed by atoms with Crippen LogP contribution in [-0.2, 0) is 12.4 Å². The molecule has 0 aliphatic carbocycles. The van der Waals surface area contributed by atoms with Gasteiger partial charge in [0.15, 0.2) is 21.9 Å². The number of alkyl halides is 6. The predicted octanol–water partition coefficient (Wildman–Crippen LogP) is 10.1. The maximum absolute atomic E-state index is 13.4. The second-order valence-corrected chi connectivity index (χ2v) is 13.7. The number of benzene rings is 4. The summed E-state index contributed by atoms with van der Waals surface area (Å²) in [6.45, 7) is 14.3. The van der Waals surface area contributed by atoms with E-state index in [-0.39, 0.29) is 50.3 Å². The molecule has 22 heteroatoms. The molecule has 6 aromatic rings. The number of imidazole rings is 1. The van der Waals surface area contributed by atoms with Crippen molar-refractivity contribution in [3.8, 4) is 34.6 Å². The summed E-state index contributed by atoms with van der Waals surface area (Å²) in [6.07, 6.45) is -8.08. The summed E-state index contributed by atoms with van der Waals surface area (Å²) < 4.78 is 89.1. The summed E-state index contributed by atoms with van der Waals surface area (Å²) in [6, 6.07) is 22.5. The van der Waals surface area contributed by atoms with Gasteiger partial charge in [-0.25, -0.2) is 9.97 Å².